The average Bonchev–Trinajstić information content (AvgIpc) is 3.32. The highest BCUT2D eigenvalue weighted by molar-refractivity contribution is 7.13. The van der Waals surface area contributed by atoms with Crippen LogP contribution in [0.5, 0.6) is 0 Å². The molecule has 0 saturated carbocycles. The number of benzene rings is 2. The summed E-state index contributed by atoms with van der Waals surface area (Å²) in [6.45, 7) is 2.07. The van der Waals surface area contributed by atoms with E-state index in [0.717, 1.165) is 38.8 Å². The first-order valence-electron chi connectivity index (χ1n) is 9.89. The minimum atomic E-state index is 0.698. The molecule has 150 valence electrons. The van der Waals surface area contributed by atoms with Gasteiger partial charge in [-0.2, -0.15) is 0 Å². The van der Waals surface area contributed by atoms with Crippen LogP contribution in [-0.4, -0.2) is 20.2 Å². The van der Waals surface area contributed by atoms with Gasteiger partial charge in [-0.25, -0.2) is 4.98 Å². The van der Waals surface area contributed by atoms with E-state index < -0.39 is 0 Å². The molecule has 5 nitrogen and oxygen atoms in total. The van der Waals surface area contributed by atoms with Crippen molar-refractivity contribution in [3.63, 3.8) is 0 Å². The van der Waals surface area contributed by atoms with Gasteiger partial charge in [-0.15, -0.1) is 21.5 Å². The van der Waals surface area contributed by atoms with Gasteiger partial charge in [0, 0.05) is 40.2 Å². The van der Waals surface area contributed by atoms with E-state index in [2.05, 4.69) is 69.2 Å². The number of thiazole rings is 1. The summed E-state index contributed by atoms with van der Waals surface area (Å²) in [5, 5.41) is 15.1. The number of nitrogens with zero attached hydrogens (tertiary/aromatic N) is 4. The van der Waals surface area contributed by atoms with E-state index in [4.69, 9.17) is 4.98 Å². The van der Waals surface area contributed by atoms with Gasteiger partial charge in [0.1, 0.15) is 5.01 Å². The molecule has 5 rings (SSSR count). The lowest BCUT2D eigenvalue weighted by Crippen LogP contribution is -1.96. The second-order valence-corrected chi connectivity index (χ2v) is 8.01. The summed E-state index contributed by atoms with van der Waals surface area (Å²) in [6, 6.07) is 24.3. The number of aryl methyl sites for hydroxylation is 1. The van der Waals surface area contributed by atoms with Gasteiger partial charge in [0.2, 0.25) is 0 Å². The Kier molecular flexibility index (Phi) is 5.21. The third kappa shape index (κ3) is 4.34. The third-order valence-corrected chi connectivity index (χ3v) is 5.77. The number of anilines is 2. The van der Waals surface area contributed by atoms with E-state index in [-0.39, 0.29) is 0 Å². The van der Waals surface area contributed by atoms with Crippen LogP contribution in [0.25, 0.3) is 33.1 Å². The van der Waals surface area contributed by atoms with Crippen molar-refractivity contribution in [1.82, 2.24) is 20.2 Å². The average molecular weight is 422 g/mol. The van der Waals surface area contributed by atoms with Gasteiger partial charge in [0.05, 0.1) is 11.4 Å². The van der Waals surface area contributed by atoms with Gasteiger partial charge in [-0.3, -0.25) is 4.98 Å². The van der Waals surface area contributed by atoms with Crippen molar-refractivity contribution in [2.75, 3.05) is 5.32 Å². The summed E-state index contributed by atoms with van der Waals surface area (Å²) in [6.07, 6.45) is 3.57. The number of hydrogen-bond acceptors (Lipinski definition) is 6. The molecular weight excluding hydrogens is 402 g/mol. The first-order chi connectivity index (χ1) is 15.2. The fourth-order valence-corrected chi connectivity index (χ4v) is 4.05. The first-order valence-corrected chi connectivity index (χ1v) is 10.8. The van der Waals surface area contributed by atoms with E-state index in [1.54, 1.807) is 23.7 Å². The van der Waals surface area contributed by atoms with Crippen molar-refractivity contribution in [3.8, 4) is 33.1 Å². The van der Waals surface area contributed by atoms with Crippen LogP contribution in [0, 0.1) is 6.92 Å². The molecule has 2 aromatic carbocycles. The quantitative estimate of drug-likeness (QED) is 0.357. The second kappa shape index (κ2) is 8.45. The Bertz CT molecular complexity index is 1300. The topological polar surface area (TPSA) is 63.6 Å². The number of pyridine rings is 1. The molecular formula is C25H19N5S. The van der Waals surface area contributed by atoms with Crippen LogP contribution in [0.15, 0.2) is 90.6 Å². The molecule has 0 unspecified atom stereocenters. The number of nitrogens with one attached hydrogen (secondary N) is 1. The third-order valence-electron chi connectivity index (χ3n) is 4.87. The van der Waals surface area contributed by atoms with Crippen LogP contribution in [0.1, 0.15) is 5.56 Å². The maximum atomic E-state index is 4.79. The summed E-state index contributed by atoms with van der Waals surface area (Å²) < 4.78 is 0. The Morgan fingerprint density at radius 2 is 1.58 bits per heavy atom. The molecule has 6 heteroatoms. The fourth-order valence-electron chi connectivity index (χ4n) is 3.21. The molecule has 0 amide bonds. The molecule has 0 aliphatic rings. The van der Waals surface area contributed by atoms with Gasteiger partial charge in [0.15, 0.2) is 5.82 Å². The van der Waals surface area contributed by atoms with E-state index in [1.165, 1.54) is 5.56 Å². The van der Waals surface area contributed by atoms with Crippen LogP contribution in [0.4, 0.5) is 11.5 Å². The predicted molar refractivity (Wildman–Crippen MR) is 126 cm³/mol. The monoisotopic (exact) mass is 421 g/mol. The van der Waals surface area contributed by atoms with Crippen LogP contribution >= 0.6 is 11.3 Å². The zero-order chi connectivity index (χ0) is 21.0. The summed E-state index contributed by atoms with van der Waals surface area (Å²) in [5.41, 5.74) is 7.14. The molecule has 0 bridgehead atoms. The Morgan fingerprint density at radius 3 is 2.35 bits per heavy atom. The van der Waals surface area contributed by atoms with Crippen LogP contribution in [0.3, 0.4) is 0 Å². The number of hydrogen-bond donors (Lipinski definition) is 1. The molecule has 0 spiro atoms. The second-order valence-electron chi connectivity index (χ2n) is 7.15. The van der Waals surface area contributed by atoms with Crippen LogP contribution < -0.4 is 5.32 Å². The van der Waals surface area contributed by atoms with Gasteiger partial charge >= 0.3 is 0 Å². The minimum Gasteiger partial charge on any atom is -0.339 e. The Morgan fingerprint density at radius 1 is 0.742 bits per heavy atom. The van der Waals surface area contributed by atoms with Crippen LogP contribution in [0.2, 0.25) is 0 Å². The van der Waals surface area contributed by atoms with Crippen molar-refractivity contribution < 1.29 is 0 Å². The molecule has 0 radical (unpaired) electrons. The van der Waals surface area contributed by atoms with Gasteiger partial charge in [0.25, 0.3) is 0 Å². The standard InChI is InChI=1S/C25H19N5S/c1-17-5-7-18(8-6-17)22-9-10-24(30-29-22)27-21-4-2-3-20(15-21)23-16-31-25(28-23)19-11-13-26-14-12-19/h2-16H,1H3,(H,27,30). The maximum Gasteiger partial charge on any atom is 0.153 e. The van der Waals surface area contributed by atoms with Crippen molar-refractivity contribution in [3.05, 3.63) is 96.1 Å². The molecule has 5 aromatic rings. The lowest BCUT2D eigenvalue weighted by Gasteiger charge is -2.07. The summed E-state index contributed by atoms with van der Waals surface area (Å²) in [4.78, 5) is 8.86. The molecule has 0 aliphatic heterocycles. The molecule has 31 heavy (non-hydrogen) atoms. The summed E-state index contributed by atoms with van der Waals surface area (Å²) in [7, 11) is 0. The van der Waals surface area contributed by atoms with Crippen molar-refractivity contribution in [2.24, 2.45) is 0 Å². The first kappa shape index (κ1) is 19.1. The Hall–Kier alpha value is -3.90. The summed E-state index contributed by atoms with van der Waals surface area (Å²) >= 11 is 1.63. The normalized spacial score (nSPS) is 10.7. The zero-order valence-electron chi connectivity index (χ0n) is 16.9. The molecule has 0 atom stereocenters. The molecule has 0 saturated heterocycles. The Balaban J connectivity index is 1.34. The smallest absolute Gasteiger partial charge is 0.153 e. The van der Waals surface area contributed by atoms with E-state index in [1.807, 2.05) is 36.4 Å². The minimum absolute atomic E-state index is 0.698. The maximum absolute atomic E-state index is 4.79. The molecule has 3 heterocycles. The van der Waals surface area contributed by atoms with Crippen molar-refractivity contribution in [1.29, 1.82) is 0 Å². The largest absolute Gasteiger partial charge is 0.339 e. The number of rotatable bonds is 5. The van der Waals surface area contributed by atoms with Crippen molar-refractivity contribution >= 4 is 22.8 Å². The molecule has 0 aliphatic carbocycles. The summed E-state index contributed by atoms with van der Waals surface area (Å²) in [5.74, 6) is 0.698. The van der Waals surface area contributed by atoms with Gasteiger partial charge < -0.3 is 5.32 Å². The lowest BCUT2D eigenvalue weighted by molar-refractivity contribution is 1.04. The van der Waals surface area contributed by atoms with Crippen molar-refractivity contribution in [2.45, 2.75) is 6.92 Å². The highest BCUT2D eigenvalue weighted by atomic mass is 32.1. The SMILES string of the molecule is Cc1ccc(-c2ccc(Nc3cccc(-c4csc(-c5ccncc5)n4)c3)nn2)cc1. The highest BCUT2D eigenvalue weighted by Crippen LogP contribution is 2.30. The van der Waals surface area contributed by atoms with E-state index in [9.17, 15) is 0 Å². The predicted octanol–water partition coefficient (Wildman–Crippen LogP) is 6.38. The van der Waals surface area contributed by atoms with E-state index in [0.29, 0.717) is 5.82 Å². The molecule has 0 fully saturated rings. The van der Waals surface area contributed by atoms with E-state index >= 15 is 0 Å². The van der Waals surface area contributed by atoms with Gasteiger partial charge in [-0.05, 0) is 43.3 Å². The molecule has 1 N–H and O–H groups in total. The van der Waals surface area contributed by atoms with Crippen LogP contribution in [-0.2, 0) is 0 Å². The Labute approximate surface area is 184 Å². The zero-order valence-corrected chi connectivity index (χ0v) is 17.7. The number of aromatic nitrogens is 4. The fraction of sp³-hybridized carbons (Fsp3) is 0.0400. The van der Waals surface area contributed by atoms with Gasteiger partial charge in [-0.1, -0.05) is 42.0 Å². The molecule has 3 aromatic heterocycles. The lowest BCUT2D eigenvalue weighted by atomic mass is 10.1. The highest BCUT2D eigenvalue weighted by Gasteiger charge is 2.08.